The van der Waals surface area contributed by atoms with Gasteiger partial charge in [-0.05, 0) is 111 Å². The van der Waals surface area contributed by atoms with Crippen LogP contribution in [0.5, 0.6) is 0 Å². The van der Waals surface area contributed by atoms with Gasteiger partial charge in [-0.15, -0.1) is 11.5 Å². The van der Waals surface area contributed by atoms with Gasteiger partial charge in [-0.25, -0.2) is 14.8 Å². The third-order valence-electron chi connectivity index (χ3n) is 19.9. The quantitative estimate of drug-likeness (QED) is 0.0462. The van der Waals surface area contributed by atoms with E-state index < -0.39 is 60.9 Å². The number of aromatic nitrogens is 2. The maximum absolute atomic E-state index is 13.9. The maximum atomic E-state index is 13.9. The second kappa shape index (κ2) is 31.6. The van der Waals surface area contributed by atoms with Crippen molar-refractivity contribution in [2.75, 3.05) is 20.8 Å². The predicted molar refractivity (Wildman–Crippen MR) is 365 cm³/mol. The number of ether oxygens (including phenoxy) is 7. The molecule has 0 aromatic carbocycles. The van der Waals surface area contributed by atoms with Crippen molar-refractivity contribution in [1.82, 2.24) is 9.97 Å². The van der Waals surface area contributed by atoms with Gasteiger partial charge in [-0.1, -0.05) is 144 Å². The van der Waals surface area contributed by atoms with E-state index in [2.05, 4.69) is 152 Å². The van der Waals surface area contributed by atoms with Gasteiger partial charge in [0.05, 0.1) is 61.4 Å². The van der Waals surface area contributed by atoms with Crippen molar-refractivity contribution in [2.45, 2.75) is 288 Å². The number of rotatable bonds is 19. The summed E-state index contributed by atoms with van der Waals surface area (Å²) in [7, 11) is -2.74. The lowest BCUT2D eigenvalue weighted by molar-refractivity contribution is -0.291. The van der Waals surface area contributed by atoms with Gasteiger partial charge < -0.3 is 56.0 Å². The molecule has 15 atom stereocenters. The molecule has 0 spiro atoms. The van der Waals surface area contributed by atoms with Crippen LogP contribution in [0.2, 0.25) is 54.4 Å². The van der Waals surface area contributed by atoms with Gasteiger partial charge in [0.2, 0.25) is 14.2 Å². The second-order valence-electron chi connectivity index (χ2n) is 30.3. The Bertz CT molecular complexity index is 2880. The molecule has 0 aliphatic carbocycles. The monoisotopic (exact) mass is 1300 g/mol. The lowest BCUT2D eigenvalue weighted by Crippen LogP contribution is -2.56. The molecular weight excluding hydrogens is 1190 g/mol. The topological polar surface area (TPSA) is 172 Å². The highest BCUT2D eigenvalue weighted by atomic mass is 28.4. The Labute approximate surface area is 544 Å². The van der Waals surface area contributed by atoms with Crippen LogP contribution in [0, 0.1) is 29.2 Å². The van der Waals surface area contributed by atoms with Crippen LogP contribution in [0.25, 0.3) is 12.2 Å². The SMILES string of the molecule is C=C1C[C@@H]2C[C@@H]3C[C@@H](O[Si](C)(C)C(C)(C)C)C[C@@H](O3)c3coc(n3)/C=C/C[C@H]3OC(/C(C)=C/c4coc(C[C@]5(OC)C[C@H](CO)C[C@H]([C@@H](/C=C(C)/C=C/[C@@H](CC#C[Si](C)(C)C)OC)O[Si](C(C)C)(C(C)C)C(C)C)O5)n4)[C@H](C)[C@@H](OC(=O)/C=C\C[C@@H](C1)O2)[C@H]3C. The summed E-state index contributed by atoms with van der Waals surface area (Å²) in [6, 6.07) is 0. The molecular formula is C72H114N2O13Si3. The highest BCUT2D eigenvalue weighted by Gasteiger charge is 2.52. The lowest BCUT2D eigenvalue weighted by Gasteiger charge is -2.49. The molecule has 0 radical (unpaired) electrons. The minimum Gasteiger partial charge on any atom is -0.458 e. The Morgan fingerprint density at radius 2 is 1.57 bits per heavy atom. The number of hydrogen-bond acceptors (Lipinski definition) is 15. The van der Waals surface area contributed by atoms with E-state index in [1.165, 1.54) is 0 Å². The van der Waals surface area contributed by atoms with Crippen molar-refractivity contribution in [2.24, 2.45) is 17.8 Å². The molecule has 1 N–H and O–H groups in total. The standard InChI is InChI=1S/C72H114N2O13Si3/c1-46(2)90(47(3)4,48(5)6)87-65(35-49(7)30-31-56(77-15)26-24-32-88(17,18)19)64-37-54(43-75)41-72(78-16,85-64)42-67-73-55(44-79-67)36-51(9)69-53(11)70-52(10)62(83-69)27-23-28-66-74-61(45-80-66)63-40-60(86-89(20,21)71(12,13)14)39-59(82-63)38-58-34-50(8)33-57(81-58)25-22-29-68(76)84-70/h22-23,28-31,35-36,44-48,52-54,56-60,62-65,69-70,75H,8,25-27,33-34,37-43H2,1-7,9-21H3/b28-23+,29-22-,31-30+,49-35+,51-36+/t52-,53-,54+,56+,57-,58+,59+,60+,62+,63+,64+,65+,69?,70-,72-/m0/s1. The van der Waals surface area contributed by atoms with Gasteiger partial charge in [0.1, 0.15) is 44.2 Å². The fraction of sp³-hybridized carbons (Fsp3) is 0.708. The molecule has 1 unspecified atom stereocenters. The van der Waals surface area contributed by atoms with Crippen molar-refractivity contribution in [3.05, 3.63) is 95.4 Å². The Hall–Kier alpha value is -3.82. The van der Waals surface area contributed by atoms with Gasteiger partial charge >= 0.3 is 5.97 Å². The first kappa shape index (κ1) is 73.6. The number of esters is 1. The van der Waals surface area contributed by atoms with Crippen molar-refractivity contribution in [3.63, 3.8) is 0 Å². The summed E-state index contributed by atoms with van der Waals surface area (Å²) in [5.74, 6) is 2.12. The summed E-state index contributed by atoms with van der Waals surface area (Å²) >= 11 is 0. The summed E-state index contributed by atoms with van der Waals surface area (Å²) < 4.78 is 73.8. The molecule has 2 aromatic rings. The Kier molecular flexibility index (Phi) is 25.8. The van der Waals surface area contributed by atoms with E-state index in [1.807, 2.05) is 31.2 Å². The third-order valence-corrected chi connectivity index (χ3v) is 31.4. The van der Waals surface area contributed by atoms with Crippen molar-refractivity contribution in [1.29, 1.82) is 0 Å². The Balaban J connectivity index is 1.14. The normalized spacial score (nSPS) is 31.2. The fourth-order valence-corrected chi connectivity index (χ4v) is 21.8. The predicted octanol–water partition coefficient (Wildman–Crippen LogP) is 16.2. The number of carbonyl (C=O) groups excluding carboxylic acids is 1. The number of fused-ring (bicyclic) bond motifs is 9. The lowest BCUT2D eigenvalue weighted by atomic mass is 9.79. The fourth-order valence-electron chi connectivity index (χ4n) is 14.3. The largest absolute Gasteiger partial charge is 0.458 e. The van der Waals surface area contributed by atoms with Crippen LogP contribution in [-0.2, 0) is 53.2 Å². The zero-order valence-corrected chi connectivity index (χ0v) is 61.5. The van der Waals surface area contributed by atoms with Gasteiger partial charge in [0.15, 0.2) is 20.0 Å². The first-order valence-electron chi connectivity index (χ1n) is 33.6. The smallest absolute Gasteiger partial charge is 0.330 e. The number of methoxy groups -OCH3 is 2. The molecule has 8 bridgehead atoms. The van der Waals surface area contributed by atoms with Crippen LogP contribution < -0.4 is 0 Å². The van der Waals surface area contributed by atoms with Crippen LogP contribution in [0.3, 0.4) is 0 Å². The summed E-state index contributed by atoms with van der Waals surface area (Å²) in [6.07, 6.45) is 22.5. The number of hydrogen-bond donors (Lipinski definition) is 1. The van der Waals surface area contributed by atoms with Gasteiger partial charge in [-0.2, -0.15) is 0 Å². The van der Waals surface area contributed by atoms with Crippen LogP contribution in [0.1, 0.15) is 183 Å². The molecule has 18 heteroatoms. The first-order valence-corrected chi connectivity index (χ1v) is 42.1. The molecule has 502 valence electrons. The summed E-state index contributed by atoms with van der Waals surface area (Å²) in [6.45, 7) is 44.6. The first-order chi connectivity index (χ1) is 42.3. The van der Waals surface area contributed by atoms with Crippen LogP contribution in [-0.4, -0.2) is 133 Å². The number of carbonyl (C=O) groups is 1. The minimum atomic E-state index is -2.48. The molecule has 15 nitrogen and oxygen atoms in total. The van der Waals surface area contributed by atoms with Crippen molar-refractivity contribution >= 4 is 42.8 Å². The van der Waals surface area contributed by atoms with E-state index in [0.29, 0.717) is 85.5 Å². The molecule has 4 fully saturated rings. The summed E-state index contributed by atoms with van der Waals surface area (Å²) in [5.41, 5.74) is 8.80. The number of allylic oxidation sites excluding steroid dienone is 2. The van der Waals surface area contributed by atoms with E-state index >= 15 is 0 Å². The third kappa shape index (κ3) is 19.4. The zero-order valence-electron chi connectivity index (χ0n) is 58.5. The Morgan fingerprint density at radius 3 is 2.22 bits per heavy atom. The van der Waals surface area contributed by atoms with Crippen LogP contribution in [0.15, 0.2) is 81.1 Å². The van der Waals surface area contributed by atoms with E-state index in [0.717, 1.165) is 35.3 Å². The molecule has 5 aliphatic rings. The van der Waals surface area contributed by atoms with Gasteiger partial charge in [-0.3, -0.25) is 0 Å². The number of aliphatic hydroxyl groups excluding tert-OH is 1. The molecule has 4 saturated heterocycles. The zero-order chi connectivity index (χ0) is 66.1. The van der Waals surface area contributed by atoms with Crippen molar-refractivity contribution in [3.8, 4) is 11.5 Å². The van der Waals surface area contributed by atoms with Gasteiger partial charge in [0.25, 0.3) is 0 Å². The van der Waals surface area contributed by atoms with Gasteiger partial charge in [0, 0.05) is 64.4 Å². The van der Waals surface area contributed by atoms with E-state index in [9.17, 15) is 9.90 Å². The van der Waals surface area contributed by atoms with Crippen LogP contribution >= 0.6 is 0 Å². The van der Waals surface area contributed by atoms with E-state index in [4.69, 9.17) is 60.8 Å². The molecule has 7 heterocycles. The molecule has 90 heavy (non-hydrogen) atoms. The Morgan fingerprint density at radius 1 is 0.867 bits per heavy atom. The van der Waals surface area contributed by atoms with Crippen molar-refractivity contribution < 1.29 is 60.7 Å². The average molecular weight is 1300 g/mol. The molecule has 5 aliphatic heterocycles. The number of oxazole rings is 2. The number of nitrogens with zero attached hydrogens (tertiary/aromatic N) is 2. The highest BCUT2D eigenvalue weighted by molar-refractivity contribution is 6.83. The maximum Gasteiger partial charge on any atom is 0.330 e. The average Bonchev–Trinajstić information content (AvgIpc) is 0.946. The highest BCUT2D eigenvalue weighted by Crippen LogP contribution is 2.47. The minimum absolute atomic E-state index is 0.00736. The number of aliphatic hydroxyl groups is 1. The van der Waals surface area contributed by atoms with E-state index in [1.54, 1.807) is 32.8 Å². The van der Waals surface area contributed by atoms with E-state index in [-0.39, 0.29) is 78.5 Å². The molecule has 2 aromatic heterocycles. The molecule has 7 rings (SSSR count). The summed E-state index contributed by atoms with van der Waals surface area (Å²) in [5, 5.41) is 11.1. The molecule has 0 saturated carbocycles. The molecule has 0 amide bonds. The second-order valence-corrected chi connectivity index (χ2v) is 45.2. The van der Waals surface area contributed by atoms with Crippen LogP contribution in [0.4, 0.5) is 0 Å². The summed E-state index contributed by atoms with van der Waals surface area (Å²) in [4.78, 5) is 23.9.